The van der Waals surface area contributed by atoms with Crippen LogP contribution in [0.1, 0.15) is 26.7 Å². The highest BCUT2D eigenvalue weighted by molar-refractivity contribution is 5.63. The monoisotopic (exact) mass is 251 g/mol. The first-order valence-electron chi connectivity index (χ1n) is 5.85. The normalized spacial score (nSPS) is 17.8. The Labute approximate surface area is 105 Å². The molecule has 18 heavy (non-hydrogen) atoms. The van der Waals surface area contributed by atoms with E-state index < -0.39 is 4.92 Å². The smallest absolute Gasteiger partial charge is 0.311 e. The Hall–Kier alpha value is -1.89. The van der Waals surface area contributed by atoms with Crippen molar-refractivity contribution in [1.82, 2.24) is 4.98 Å². The second-order valence-corrected chi connectivity index (χ2v) is 5.01. The first-order valence-corrected chi connectivity index (χ1v) is 5.85. The maximum absolute atomic E-state index is 11.1. The number of rotatable bonds is 3. The van der Waals surface area contributed by atoms with Crippen LogP contribution in [0.5, 0.6) is 0 Å². The summed E-state index contributed by atoms with van der Waals surface area (Å²) >= 11 is 0. The molecule has 7 heteroatoms. The Kier molecular flexibility index (Phi) is 3.08. The fraction of sp³-hybridized carbons (Fsp3) is 0.545. The van der Waals surface area contributed by atoms with E-state index in [2.05, 4.69) is 24.3 Å². The van der Waals surface area contributed by atoms with Gasteiger partial charge in [-0.05, 0) is 32.8 Å². The molecule has 1 aliphatic rings. The molecule has 1 saturated heterocycles. The van der Waals surface area contributed by atoms with Crippen LogP contribution < -0.4 is 16.2 Å². The molecule has 7 nitrogen and oxygen atoms in total. The van der Waals surface area contributed by atoms with E-state index in [0.717, 1.165) is 19.4 Å². The molecule has 3 N–H and O–H groups in total. The van der Waals surface area contributed by atoms with Crippen molar-refractivity contribution in [3.63, 3.8) is 0 Å². The van der Waals surface area contributed by atoms with Crippen LogP contribution in [0.3, 0.4) is 0 Å². The molecule has 0 unspecified atom stereocenters. The summed E-state index contributed by atoms with van der Waals surface area (Å²) in [5.41, 5.74) is 2.32. The molecule has 1 aromatic heterocycles. The third-order valence-electron chi connectivity index (χ3n) is 3.36. The van der Waals surface area contributed by atoms with Gasteiger partial charge in [0.25, 0.3) is 0 Å². The van der Waals surface area contributed by atoms with Gasteiger partial charge in [0, 0.05) is 18.2 Å². The summed E-state index contributed by atoms with van der Waals surface area (Å²) in [4.78, 5) is 16.9. The predicted molar refractivity (Wildman–Crippen MR) is 69.4 cm³/mol. The van der Waals surface area contributed by atoms with Gasteiger partial charge in [0.05, 0.1) is 4.92 Å². The minimum Gasteiger partial charge on any atom is -0.346 e. The summed E-state index contributed by atoms with van der Waals surface area (Å²) in [5.74, 6) is 6.13. The molecule has 1 aromatic rings. The third-order valence-corrected chi connectivity index (χ3v) is 3.36. The van der Waals surface area contributed by atoms with Crippen molar-refractivity contribution in [3.8, 4) is 0 Å². The molecule has 0 amide bonds. The molecule has 0 spiro atoms. The second kappa shape index (κ2) is 4.41. The number of nitrogen functional groups attached to an aromatic ring is 1. The van der Waals surface area contributed by atoms with E-state index in [1.165, 1.54) is 12.1 Å². The number of anilines is 2. The van der Waals surface area contributed by atoms with Gasteiger partial charge >= 0.3 is 5.69 Å². The largest absolute Gasteiger partial charge is 0.346 e. The SMILES string of the molecule is CC1(C)CCCN1c1nc(NN)ccc1[N+](=O)[O-]. The van der Waals surface area contributed by atoms with Gasteiger partial charge in [-0.25, -0.2) is 10.8 Å². The van der Waals surface area contributed by atoms with Gasteiger partial charge in [0.15, 0.2) is 0 Å². The Morgan fingerprint density at radius 1 is 1.56 bits per heavy atom. The molecule has 98 valence electrons. The molecule has 0 saturated carbocycles. The van der Waals surface area contributed by atoms with Gasteiger partial charge in [-0.15, -0.1) is 0 Å². The molecule has 2 heterocycles. The molecular weight excluding hydrogens is 234 g/mol. The van der Waals surface area contributed by atoms with Gasteiger partial charge in [-0.1, -0.05) is 0 Å². The van der Waals surface area contributed by atoms with Gasteiger partial charge in [-0.2, -0.15) is 0 Å². The van der Waals surface area contributed by atoms with Gasteiger partial charge in [0.2, 0.25) is 5.82 Å². The van der Waals surface area contributed by atoms with E-state index in [0.29, 0.717) is 11.6 Å². The minimum absolute atomic E-state index is 0.0176. The van der Waals surface area contributed by atoms with Crippen LogP contribution in [0.25, 0.3) is 0 Å². The van der Waals surface area contributed by atoms with E-state index in [-0.39, 0.29) is 11.2 Å². The Morgan fingerprint density at radius 3 is 2.78 bits per heavy atom. The van der Waals surface area contributed by atoms with Crippen molar-refractivity contribution >= 4 is 17.3 Å². The zero-order chi connectivity index (χ0) is 13.3. The number of pyridine rings is 1. The highest BCUT2D eigenvalue weighted by Crippen LogP contribution is 2.37. The van der Waals surface area contributed by atoms with E-state index in [1.807, 2.05) is 4.90 Å². The number of hydrogen-bond donors (Lipinski definition) is 2. The standard InChI is InChI=1S/C11H17N5O2/c1-11(2)6-3-7-15(11)10-8(16(17)18)4-5-9(13-10)14-12/h4-5H,3,6-7,12H2,1-2H3,(H,13,14). The lowest BCUT2D eigenvalue weighted by Gasteiger charge is -2.32. The molecule has 1 fully saturated rings. The number of nitro groups is 1. The molecule has 1 aliphatic heterocycles. The van der Waals surface area contributed by atoms with E-state index in [1.54, 1.807) is 0 Å². The van der Waals surface area contributed by atoms with Crippen LogP contribution >= 0.6 is 0 Å². The van der Waals surface area contributed by atoms with E-state index in [9.17, 15) is 10.1 Å². The Balaban J connectivity index is 2.50. The summed E-state index contributed by atoms with van der Waals surface area (Å²) in [7, 11) is 0. The molecule has 0 bridgehead atoms. The van der Waals surface area contributed by atoms with Crippen molar-refractivity contribution in [1.29, 1.82) is 0 Å². The van der Waals surface area contributed by atoms with Crippen LogP contribution in [0.15, 0.2) is 12.1 Å². The summed E-state index contributed by atoms with van der Waals surface area (Å²) in [5, 5.41) is 11.1. The maximum Gasteiger partial charge on any atom is 0.311 e. The van der Waals surface area contributed by atoms with Crippen molar-refractivity contribution in [2.24, 2.45) is 5.84 Å². The average molecular weight is 251 g/mol. The lowest BCUT2D eigenvalue weighted by molar-refractivity contribution is -0.384. The van der Waals surface area contributed by atoms with Crippen LogP contribution in [0.4, 0.5) is 17.3 Å². The fourth-order valence-electron chi connectivity index (χ4n) is 2.36. The zero-order valence-electron chi connectivity index (χ0n) is 10.5. The number of nitrogens with two attached hydrogens (primary N) is 1. The molecule has 0 aliphatic carbocycles. The molecule has 0 atom stereocenters. The number of nitrogens with zero attached hydrogens (tertiary/aromatic N) is 3. The summed E-state index contributed by atoms with van der Waals surface area (Å²) in [6.07, 6.45) is 2.00. The third kappa shape index (κ3) is 2.08. The predicted octanol–water partition coefficient (Wildman–Crippen LogP) is 1.65. The number of hydrazine groups is 1. The van der Waals surface area contributed by atoms with Crippen LogP contribution in [-0.2, 0) is 0 Å². The van der Waals surface area contributed by atoms with Gasteiger partial charge in [0.1, 0.15) is 5.82 Å². The lowest BCUT2D eigenvalue weighted by atomic mass is 10.0. The number of nitrogens with one attached hydrogen (secondary N) is 1. The summed E-state index contributed by atoms with van der Waals surface area (Å²) in [6.45, 7) is 4.90. The fourth-order valence-corrected chi connectivity index (χ4v) is 2.36. The Bertz CT molecular complexity index is 475. The van der Waals surface area contributed by atoms with Crippen LogP contribution in [-0.4, -0.2) is 22.0 Å². The topological polar surface area (TPSA) is 97.3 Å². The lowest BCUT2D eigenvalue weighted by Crippen LogP contribution is -2.39. The summed E-state index contributed by atoms with van der Waals surface area (Å²) in [6, 6.07) is 2.94. The molecular formula is C11H17N5O2. The second-order valence-electron chi connectivity index (χ2n) is 5.01. The van der Waals surface area contributed by atoms with E-state index >= 15 is 0 Å². The van der Waals surface area contributed by atoms with Crippen LogP contribution in [0.2, 0.25) is 0 Å². The van der Waals surface area contributed by atoms with Crippen molar-refractivity contribution in [3.05, 3.63) is 22.2 Å². The van der Waals surface area contributed by atoms with Crippen molar-refractivity contribution < 1.29 is 4.92 Å². The van der Waals surface area contributed by atoms with Gasteiger partial charge in [-0.3, -0.25) is 10.1 Å². The first-order chi connectivity index (χ1) is 8.45. The number of hydrogen-bond acceptors (Lipinski definition) is 6. The van der Waals surface area contributed by atoms with E-state index in [4.69, 9.17) is 5.84 Å². The molecule has 0 aromatic carbocycles. The maximum atomic E-state index is 11.1. The van der Waals surface area contributed by atoms with Crippen molar-refractivity contribution in [2.75, 3.05) is 16.9 Å². The van der Waals surface area contributed by atoms with Gasteiger partial charge < -0.3 is 10.3 Å². The Morgan fingerprint density at radius 2 is 2.28 bits per heavy atom. The summed E-state index contributed by atoms with van der Waals surface area (Å²) < 4.78 is 0. The van der Waals surface area contributed by atoms with Crippen molar-refractivity contribution in [2.45, 2.75) is 32.2 Å². The molecule has 0 radical (unpaired) electrons. The highest BCUT2D eigenvalue weighted by atomic mass is 16.6. The van der Waals surface area contributed by atoms with Crippen LogP contribution in [0, 0.1) is 10.1 Å². The highest BCUT2D eigenvalue weighted by Gasteiger charge is 2.36. The minimum atomic E-state index is -0.406. The zero-order valence-corrected chi connectivity index (χ0v) is 10.5. The quantitative estimate of drug-likeness (QED) is 0.481. The molecule has 2 rings (SSSR count). The average Bonchev–Trinajstić information content (AvgIpc) is 2.67. The number of aromatic nitrogens is 1. The first kappa shape index (κ1) is 12.6.